The predicted molar refractivity (Wildman–Crippen MR) is 84.5 cm³/mol. The van der Waals surface area contributed by atoms with Crippen LogP contribution in [0, 0.1) is 0 Å². The molecule has 0 unspecified atom stereocenters. The molecule has 0 aliphatic heterocycles. The Morgan fingerprint density at radius 1 is 1.25 bits per heavy atom. The summed E-state index contributed by atoms with van der Waals surface area (Å²) in [5, 5.41) is 0. The zero-order chi connectivity index (χ0) is 14.6. The van der Waals surface area contributed by atoms with Crippen LogP contribution in [0.15, 0.2) is 36.7 Å². The van der Waals surface area contributed by atoms with Crippen molar-refractivity contribution < 1.29 is 4.79 Å². The number of carbonyl (C=O) groups is 1. The third-order valence-corrected chi connectivity index (χ3v) is 4.76. The van der Waals surface area contributed by atoms with Crippen molar-refractivity contribution in [2.45, 2.75) is 45.4 Å². The topological polar surface area (TPSA) is 30.0 Å². The van der Waals surface area contributed by atoms with E-state index < -0.39 is 0 Å². The summed E-state index contributed by atoms with van der Waals surface area (Å²) in [4.78, 5) is 18.4. The van der Waals surface area contributed by atoms with E-state index in [1.807, 2.05) is 18.3 Å². The third-order valence-electron chi connectivity index (χ3n) is 3.21. The average Bonchev–Trinajstić information content (AvgIpc) is 2.89. The molecule has 2 aromatic heterocycles. The molecule has 2 rings (SSSR count). The van der Waals surface area contributed by atoms with Crippen LogP contribution in [0.2, 0.25) is 0 Å². The fourth-order valence-electron chi connectivity index (χ4n) is 2.01. The summed E-state index contributed by atoms with van der Waals surface area (Å²) in [5.41, 5.74) is 1.32. The molecule has 0 saturated heterocycles. The summed E-state index contributed by atoms with van der Waals surface area (Å²) in [6, 6.07) is 8.04. The van der Waals surface area contributed by atoms with Crippen LogP contribution in [-0.4, -0.2) is 10.8 Å². The maximum Gasteiger partial charge on any atom is 0.172 e. The SMILES string of the molecule is CC(C)(C)c1ccc(C(=O)CCCc2cccnc2)s1. The molecular formula is C17H21NOS. The normalized spacial score (nSPS) is 11.6. The molecule has 2 aromatic rings. The van der Waals surface area contributed by atoms with E-state index in [4.69, 9.17) is 0 Å². The first-order valence-electron chi connectivity index (χ1n) is 6.99. The van der Waals surface area contributed by atoms with Gasteiger partial charge in [0, 0.05) is 23.7 Å². The second-order valence-electron chi connectivity index (χ2n) is 6.05. The van der Waals surface area contributed by atoms with Crippen molar-refractivity contribution in [1.29, 1.82) is 0 Å². The first kappa shape index (κ1) is 14.9. The van der Waals surface area contributed by atoms with Crippen molar-refractivity contribution in [2.24, 2.45) is 0 Å². The maximum atomic E-state index is 12.2. The molecule has 0 saturated carbocycles. The smallest absolute Gasteiger partial charge is 0.172 e. The highest BCUT2D eigenvalue weighted by atomic mass is 32.1. The minimum Gasteiger partial charge on any atom is -0.293 e. The van der Waals surface area contributed by atoms with Crippen LogP contribution in [0.4, 0.5) is 0 Å². The molecule has 2 nitrogen and oxygen atoms in total. The van der Waals surface area contributed by atoms with Crippen molar-refractivity contribution in [1.82, 2.24) is 4.98 Å². The lowest BCUT2D eigenvalue weighted by Gasteiger charge is -2.15. The van der Waals surface area contributed by atoms with E-state index in [2.05, 4.69) is 37.9 Å². The molecule has 0 radical (unpaired) electrons. The van der Waals surface area contributed by atoms with Gasteiger partial charge in [-0.05, 0) is 42.0 Å². The van der Waals surface area contributed by atoms with Crippen LogP contribution < -0.4 is 0 Å². The molecule has 0 aliphatic rings. The Morgan fingerprint density at radius 3 is 2.65 bits per heavy atom. The minimum atomic E-state index is 0.124. The van der Waals surface area contributed by atoms with E-state index in [9.17, 15) is 4.79 Å². The van der Waals surface area contributed by atoms with Crippen LogP contribution in [0.1, 0.15) is 53.7 Å². The van der Waals surface area contributed by atoms with Crippen molar-refractivity contribution in [3.63, 3.8) is 0 Å². The van der Waals surface area contributed by atoms with Gasteiger partial charge in [0.1, 0.15) is 0 Å². The molecule has 0 N–H and O–H groups in total. The molecule has 2 heterocycles. The molecule has 0 aliphatic carbocycles. The molecule has 3 heteroatoms. The van der Waals surface area contributed by atoms with Crippen molar-refractivity contribution in [3.05, 3.63) is 52.0 Å². The lowest BCUT2D eigenvalue weighted by atomic mass is 9.95. The maximum absolute atomic E-state index is 12.2. The lowest BCUT2D eigenvalue weighted by molar-refractivity contribution is 0.0984. The van der Waals surface area contributed by atoms with Crippen LogP contribution in [-0.2, 0) is 11.8 Å². The number of Topliss-reactive ketones (excluding diaryl/α,β-unsaturated/α-hetero) is 1. The van der Waals surface area contributed by atoms with Gasteiger partial charge in [-0.3, -0.25) is 9.78 Å². The Labute approximate surface area is 124 Å². The van der Waals surface area contributed by atoms with Gasteiger partial charge in [0.2, 0.25) is 0 Å². The van der Waals surface area contributed by atoms with Gasteiger partial charge in [0.05, 0.1) is 4.88 Å². The third kappa shape index (κ3) is 4.01. The number of thiophene rings is 1. The number of carbonyl (C=O) groups excluding carboxylic acids is 1. The first-order valence-corrected chi connectivity index (χ1v) is 7.81. The standard InChI is InChI=1S/C17H21NOS/c1-17(2,3)16-10-9-15(20-16)14(19)8-4-6-13-7-5-11-18-12-13/h5,7,9-12H,4,6,8H2,1-3H3. The number of hydrogen-bond acceptors (Lipinski definition) is 3. The molecular weight excluding hydrogens is 266 g/mol. The highest BCUT2D eigenvalue weighted by Crippen LogP contribution is 2.30. The van der Waals surface area contributed by atoms with Gasteiger partial charge in [-0.2, -0.15) is 0 Å². The molecule has 0 aromatic carbocycles. The zero-order valence-corrected chi connectivity index (χ0v) is 13.2. The van der Waals surface area contributed by atoms with Gasteiger partial charge < -0.3 is 0 Å². The number of aryl methyl sites for hydroxylation is 1. The Kier molecular flexibility index (Phi) is 4.71. The first-order chi connectivity index (χ1) is 9.47. The summed E-state index contributed by atoms with van der Waals surface area (Å²) in [6.07, 6.45) is 6.05. The van der Waals surface area contributed by atoms with E-state index in [-0.39, 0.29) is 11.2 Å². The van der Waals surface area contributed by atoms with Crippen LogP contribution in [0.3, 0.4) is 0 Å². The molecule has 0 atom stereocenters. The Hall–Kier alpha value is -1.48. The van der Waals surface area contributed by atoms with E-state index in [1.165, 1.54) is 10.4 Å². The number of aromatic nitrogens is 1. The lowest BCUT2D eigenvalue weighted by Crippen LogP contribution is -2.07. The molecule has 20 heavy (non-hydrogen) atoms. The van der Waals surface area contributed by atoms with E-state index >= 15 is 0 Å². The van der Waals surface area contributed by atoms with Crippen molar-refractivity contribution >= 4 is 17.1 Å². The van der Waals surface area contributed by atoms with Gasteiger partial charge >= 0.3 is 0 Å². The van der Waals surface area contributed by atoms with Crippen LogP contribution >= 0.6 is 11.3 Å². The van der Waals surface area contributed by atoms with Crippen LogP contribution in [0.25, 0.3) is 0 Å². The Balaban J connectivity index is 1.88. The van der Waals surface area contributed by atoms with Crippen molar-refractivity contribution in [2.75, 3.05) is 0 Å². The zero-order valence-electron chi connectivity index (χ0n) is 12.3. The van der Waals surface area contributed by atoms with Gasteiger partial charge in [0.25, 0.3) is 0 Å². The summed E-state index contributed by atoms with van der Waals surface area (Å²) >= 11 is 1.63. The van der Waals surface area contributed by atoms with Gasteiger partial charge in [-0.1, -0.05) is 26.8 Å². The summed E-state index contributed by atoms with van der Waals surface area (Å²) in [5.74, 6) is 0.259. The molecule has 0 fully saturated rings. The van der Waals surface area contributed by atoms with E-state index in [0.29, 0.717) is 6.42 Å². The molecule has 106 valence electrons. The summed E-state index contributed by atoms with van der Waals surface area (Å²) in [6.45, 7) is 6.53. The fourth-order valence-corrected chi connectivity index (χ4v) is 3.04. The molecule has 0 spiro atoms. The molecule has 0 bridgehead atoms. The van der Waals surface area contributed by atoms with E-state index in [1.54, 1.807) is 17.5 Å². The van der Waals surface area contributed by atoms with Crippen molar-refractivity contribution in [3.8, 4) is 0 Å². The number of nitrogens with zero attached hydrogens (tertiary/aromatic N) is 1. The number of rotatable bonds is 5. The highest BCUT2D eigenvalue weighted by Gasteiger charge is 2.18. The Bertz CT molecular complexity index is 566. The number of pyridine rings is 1. The average molecular weight is 287 g/mol. The number of hydrogen-bond donors (Lipinski definition) is 0. The predicted octanol–water partition coefficient (Wildman–Crippen LogP) is 4.65. The Morgan fingerprint density at radius 2 is 2.05 bits per heavy atom. The monoisotopic (exact) mass is 287 g/mol. The van der Waals surface area contributed by atoms with Crippen LogP contribution in [0.5, 0.6) is 0 Å². The van der Waals surface area contributed by atoms with E-state index in [0.717, 1.165) is 17.7 Å². The number of ketones is 1. The highest BCUT2D eigenvalue weighted by molar-refractivity contribution is 7.14. The second-order valence-corrected chi connectivity index (χ2v) is 7.14. The summed E-state index contributed by atoms with van der Waals surface area (Å²) in [7, 11) is 0. The van der Waals surface area contributed by atoms with Gasteiger partial charge in [-0.15, -0.1) is 11.3 Å². The molecule has 0 amide bonds. The largest absolute Gasteiger partial charge is 0.293 e. The second kappa shape index (κ2) is 6.31. The minimum absolute atomic E-state index is 0.124. The van der Waals surface area contributed by atoms with Gasteiger partial charge in [-0.25, -0.2) is 0 Å². The fraction of sp³-hybridized carbons (Fsp3) is 0.412. The van der Waals surface area contributed by atoms with Gasteiger partial charge in [0.15, 0.2) is 5.78 Å². The quantitative estimate of drug-likeness (QED) is 0.749. The summed E-state index contributed by atoms with van der Waals surface area (Å²) < 4.78 is 0.